The Hall–Kier alpha value is -1.07. The molecule has 20 heavy (non-hydrogen) atoms. The van der Waals surface area contributed by atoms with Gasteiger partial charge in [0, 0.05) is 18.7 Å². The van der Waals surface area contributed by atoms with Crippen molar-refractivity contribution in [2.24, 2.45) is 5.73 Å². The molecule has 1 fully saturated rings. The van der Waals surface area contributed by atoms with Crippen molar-refractivity contribution in [1.29, 1.82) is 0 Å². The van der Waals surface area contributed by atoms with Crippen molar-refractivity contribution in [1.82, 2.24) is 0 Å². The molecule has 0 radical (unpaired) electrons. The second kappa shape index (κ2) is 6.14. The number of nitrogens with two attached hydrogens (primary N) is 1. The van der Waals surface area contributed by atoms with E-state index in [-0.39, 0.29) is 17.4 Å². The molecule has 1 saturated carbocycles. The predicted octanol–water partition coefficient (Wildman–Crippen LogP) is 2.44. The highest BCUT2D eigenvalue weighted by Gasteiger charge is 2.29. The molecule has 0 aromatic heterocycles. The largest absolute Gasteiger partial charge is 0.490 e. The minimum Gasteiger partial charge on any atom is -0.490 e. The van der Waals surface area contributed by atoms with Crippen molar-refractivity contribution in [3.63, 3.8) is 0 Å². The lowest BCUT2D eigenvalue weighted by Gasteiger charge is -2.28. The Labute approximate surface area is 121 Å². The van der Waals surface area contributed by atoms with Gasteiger partial charge in [-0.05, 0) is 43.9 Å². The Morgan fingerprint density at radius 1 is 1.35 bits per heavy atom. The summed E-state index contributed by atoms with van der Waals surface area (Å²) in [5.74, 6) is 0.777. The van der Waals surface area contributed by atoms with Crippen LogP contribution in [0.4, 0.5) is 0 Å². The standard InChI is InChI=1S/C15H23NO3S/c1-11(16)12-5-3-6-13(9-12)19-14-7-4-8-15(10-14)20(2,17)18/h3,5-6,9,11,14-15H,4,7-8,10,16H2,1-2H3/t11-,14?,15?/m1/s1. The minimum atomic E-state index is -2.97. The van der Waals surface area contributed by atoms with Crippen LogP contribution in [0.1, 0.15) is 44.2 Å². The van der Waals surface area contributed by atoms with Crippen molar-refractivity contribution >= 4 is 9.84 Å². The monoisotopic (exact) mass is 297 g/mol. The van der Waals surface area contributed by atoms with Gasteiger partial charge < -0.3 is 10.5 Å². The SMILES string of the molecule is C[C@@H](N)c1cccc(OC2CCCC(S(C)(=O)=O)C2)c1. The van der Waals surface area contributed by atoms with Crippen LogP contribution in [0.25, 0.3) is 0 Å². The molecule has 0 saturated heterocycles. The molecule has 2 unspecified atom stereocenters. The zero-order valence-electron chi connectivity index (χ0n) is 12.1. The molecule has 0 amide bonds. The Balaban J connectivity index is 2.04. The lowest BCUT2D eigenvalue weighted by molar-refractivity contribution is 0.156. The van der Waals surface area contributed by atoms with E-state index in [1.54, 1.807) is 0 Å². The number of hydrogen-bond acceptors (Lipinski definition) is 4. The van der Waals surface area contributed by atoms with Crippen LogP contribution < -0.4 is 10.5 Å². The highest BCUT2D eigenvalue weighted by molar-refractivity contribution is 7.91. The molecule has 2 rings (SSSR count). The van der Waals surface area contributed by atoms with E-state index in [1.165, 1.54) is 6.26 Å². The molecule has 1 aromatic carbocycles. The van der Waals surface area contributed by atoms with E-state index in [2.05, 4.69) is 0 Å². The summed E-state index contributed by atoms with van der Waals surface area (Å²) in [6.45, 7) is 1.93. The molecular formula is C15H23NO3S. The maximum absolute atomic E-state index is 11.7. The number of benzene rings is 1. The summed E-state index contributed by atoms with van der Waals surface area (Å²) in [5, 5.41) is -0.266. The van der Waals surface area contributed by atoms with E-state index in [9.17, 15) is 8.42 Å². The van der Waals surface area contributed by atoms with Gasteiger partial charge in [-0.15, -0.1) is 0 Å². The van der Waals surface area contributed by atoms with Crippen LogP contribution in [0.2, 0.25) is 0 Å². The Morgan fingerprint density at radius 2 is 2.10 bits per heavy atom. The highest BCUT2D eigenvalue weighted by Crippen LogP contribution is 2.28. The maximum Gasteiger partial charge on any atom is 0.150 e. The first-order valence-electron chi connectivity index (χ1n) is 7.07. The Kier molecular flexibility index (Phi) is 4.70. The summed E-state index contributed by atoms with van der Waals surface area (Å²) in [6.07, 6.45) is 4.44. The topological polar surface area (TPSA) is 69.4 Å². The average Bonchev–Trinajstić information content (AvgIpc) is 2.38. The van der Waals surface area contributed by atoms with E-state index >= 15 is 0 Å². The molecule has 0 heterocycles. The van der Waals surface area contributed by atoms with Gasteiger partial charge in [0.15, 0.2) is 0 Å². The van der Waals surface area contributed by atoms with Gasteiger partial charge in [0.2, 0.25) is 0 Å². The average molecular weight is 297 g/mol. The van der Waals surface area contributed by atoms with Gasteiger partial charge in [-0.1, -0.05) is 12.1 Å². The zero-order valence-corrected chi connectivity index (χ0v) is 12.9. The molecule has 0 bridgehead atoms. The molecule has 3 atom stereocenters. The van der Waals surface area contributed by atoms with E-state index < -0.39 is 9.84 Å². The van der Waals surface area contributed by atoms with Crippen LogP contribution in [-0.4, -0.2) is 26.0 Å². The van der Waals surface area contributed by atoms with Gasteiger partial charge >= 0.3 is 0 Å². The number of ether oxygens (including phenoxy) is 1. The Bertz CT molecular complexity index is 554. The van der Waals surface area contributed by atoms with Gasteiger partial charge in [-0.3, -0.25) is 0 Å². The maximum atomic E-state index is 11.7. The van der Waals surface area contributed by atoms with Crippen LogP contribution in [0.15, 0.2) is 24.3 Å². The number of hydrogen-bond donors (Lipinski definition) is 1. The number of rotatable bonds is 4. The summed E-state index contributed by atoms with van der Waals surface area (Å²) in [7, 11) is -2.97. The summed E-state index contributed by atoms with van der Waals surface area (Å²) in [6, 6.07) is 7.70. The molecule has 4 nitrogen and oxygen atoms in total. The van der Waals surface area contributed by atoms with E-state index in [1.807, 2.05) is 31.2 Å². The third-order valence-electron chi connectivity index (χ3n) is 3.87. The summed E-state index contributed by atoms with van der Waals surface area (Å²) >= 11 is 0. The molecule has 5 heteroatoms. The number of sulfone groups is 1. The zero-order chi connectivity index (χ0) is 14.8. The van der Waals surface area contributed by atoms with Gasteiger partial charge in [-0.2, -0.15) is 0 Å². The molecule has 2 N–H and O–H groups in total. The predicted molar refractivity (Wildman–Crippen MR) is 80.6 cm³/mol. The van der Waals surface area contributed by atoms with Gasteiger partial charge in [0.05, 0.1) is 11.4 Å². The van der Waals surface area contributed by atoms with Crippen molar-refractivity contribution in [2.75, 3.05) is 6.26 Å². The quantitative estimate of drug-likeness (QED) is 0.926. The van der Waals surface area contributed by atoms with Crippen molar-refractivity contribution in [3.8, 4) is 5.75 Å². The molecule has 112 valence electrons. The van der Waals surface area contributed by atoms with Crippen LogP contribution in [-0.2, 0) is 9.84 Å². The van der Waals surface area contributed by atoms with Gasteiger partial charge in [-0.25, -0.2) is 8.42 Å². The molecule has 0 spiro atoms. The van der Waals surface area contributed by atoms with Crippen molar-refractivity contribution < 1.29 is 13.2 Å². The molecule has 1 aliphatic rings. The molecular weight excluding hydrogens is 274 g/mol. The summed E-state index contributed by atoms with van der Waals surface area (Å²) in [4.78, 5) is 0. The second-order valence-corrected chi connectivity index (χ2v) is 8.04. The minimum absolute atomic E-state index is 0.0215. The van der Waals surface area contributed by atoms with Crippen molar-refractivity contribution in [3.05, 3.63) is 29.8 Å². The third kappa shape index (κ3) is 3.96. The molecule has 1 aliphatic carbocycles. The fraction of sp³-hybridized carbons (Fsp3) is 0.600. The van der Waals surface area contributed by atoms with Crippen LogP contribution in [0.3, 0.4) is 0 Å². The second-order valence-electron chi connectivity index (χ2n) is 5.72. The van der Waals surface area contributed by atoms with E-state index in [4.69, 9.17) is 10.5 Å². The fourth-order valence-electron chi connectivity index (χ4n) is 2.66. The van der Waals surface area contributed by atoms with E-state index in [0.29, 0.717) is 6.42 Å². The lowest BCUT2D eigenvalue weighted by atomic mass is 9.97. The van der Waals surface area contributed by atoms with Crippen LogP contribution >= 0.6 is 0 Å². The first-order valence-corrected chi connectivity index (χ1v) is 9.03. The first kappa shape index (κ1) is 15.3. The molecule has 1 aromatic rings. The normalized spacial score (nSPS) is 25.1. The van der Waals surface area contributed by atoms with Crippen LogP contribution in [0.5, 0.6) is 5.75 Å². The van der Waals surface area contributed by atoms with Gasteiger partial charge in [0.1, 0.15) is 15.6 Å². The lowest BCUT2D eigenvalue weighted by Crippen LogP contribution is -2.33. The van der Waals surface area contributed by atoms with Crippen molar-refractivity contribution in [2.45, 2.75) is 50.0 Å². The first-order chi connectivity index (χ1) is 9.36. The fourth-order valence-corrected chi connectivity index (χ4v) is 3.82. The third-order valence-corrected chi connectivity index (χ3v) is 5.51. The highest BCUT2D eigenvalue weighted by atomic mass is 32.2. The summed E-state index contributed by atoms with van der Waals surface area (Å²) in [5.41, 5.74) is 6.89. The van der Waals surface area contributed by atoms with E-state index in [0.717, 1.165) is 30.6 Å². The molecule has 0 aliphatic heterocycles. The van der Waals surface area contributed by atoms with Gasteiger partial charge in [0.25, 0.3) is 0 Å². The van der Waals surface area contributed by atoms with Crippen LogP contribution in [0, 0.1) is 0 Å². The smallest absolute Gasteiger partial charge is 0.150 e. The Morgan fingerprint density at radius 3 is 2.75 bits per heavy atom. The summed E-state index contributed by atoms with van der Waals surface area (Å²) < 4.78 is 29.3.